The first-order valence-corrected chi connectivity index (χ1v) is 5.82. The van der Waals surface area contributed by atoms with Gasteiger partial charge in [0.1, 0.15) is 0 Å². The molecule has 0 aliphatic heterocycles. The number of hydrogen-bond donors (Lipinski definition) is 1. The van der Waals surface area contributed by atoms with Crippen LogP contribution in [0.1, 0.15) is 53.9 Å². The van der Waals surface area contributed by atoms with E-state index in [-0.39, 0.29) is 5.54 Å². The molecule has 0 aliphatic carbocycles. The average molecular weight is 197 g/mol. The van der Waals surface area contributed by atoms with Gasteiger partial charge in [0.2, 0.25) is 0 Å². The molecule has 0 amide bonds. The van der Waals surface area contributed by atoms with Crippen molar-refractivity contribution in [3.8, 4) is 0 Å². The first kappa shape index (κ1) is 13.7. The maximum absolute atomic E-state index is 3.47. The predicted molar refractivity (Wildman–Crippen MR) is 65.6 cm³/mol. The summed E-state index contributed by atoms with van der Waals surface area (Å²) in [5.74, 6) is 0.826. The summed E-state index contributed by atoms with van der Waals surface area (Å²) in [6, 6.07) is 0. The minimum atomic E-state index is 0.256. The molecule has 14 heavy (non-hydrogen) atoms. The third-order valence-corrected chi connectivity index (χ3v) is 2.04. The van der Waals surface area contributed by atoms with E-state index in [1.54, 1.807) is 0 Å². The van der Waals surface area contributed by atoms with Gasteiger partial charge < -0.3 is 5.32 Å². The molecule has 1 heteroatoms. The molecule has 0 aromatic carbocycles. The van der Waals surface area contributed by atoms with Crippen LogP contribution in [0.5, 0.6) is 0 Å². The predicted octanol–water partition coefficient (Wildman–Crippen LogP) is 3.76. The van der Waals surface area contributed by atoms with E-state index >= 15 is 0 Å². The summed E-state index contributed by atoms with van der Waals surface area (Å²) in [5.41, 5.74) is 0.256. The molecule has 0 bridgehead atoms. The van der Waals surface area contributed by atoms with Crippen LogP contribution in [0.3, 0.4) is 0 Å². The monoisotopic (exact) mass is 197 g/mol. The molecule has 0 atom stereocenters. The summed E-state index contributed by atoms with van der Waals surface area (Å²) in [5, 5.41) is 3.47. The van der Waals surface area contributed by atoms with E-state index in [1.165, 1.54) is 12.8 Å². The van der Waals surface area contributed by atoms with Gasteiger partial charge >= 0.3 is 0 Å². The van der Waals surface area contributed by atoms with E-state index < -0.39 is 0 Å². The zero-order valence-corrected chi connectivity index (χ0v) is 10.6. The highest BCUT2D eigenvalue weighted by atomic mass is 14.9. The Morgan fingerprint density at radius 2 is 1.64 bits per heavy atom. The molecular formula is C13H27N. The fraction of sp³-hybridized carbons (Fsp3) is 0.846. The van der Waals surface area contributed by atoms with Crippen LogP contribution in [-0.4, -0.2) is 12.1 Å². The van der Waals surface area contributed by atoms with Gasteiger partial charge in [-0.2, -0.15) is 0 Å². The molecule has 0 aromatic rings. The van der Waals surface area contributed by atoms with Crippen molar-refractivity contribution in [3.05, 3.63) is 12.2 Å². The van der Waals surface area contributed by atoms with Crippen molar-refractivity contribution in [2.45, 2.75) is 59.4 Å². The van der Waals surface area contributed by atoms with Crippen molar-refractivity contribution in [3.63, 3.8) is 0 Å². The van der Waals surface area contributed by atoms with Gasteiger partial charge in [-0.15, -0.1) is 0 Å². The molecule has 0 fully saturated rings. The SMILES string of the molecule is CC(C)CCC=CCCNC(C)(C)C. The van der Waals surface area contributed by atoms with Gasteiger partial charge in [0.05, 0.1) is 0 Å². The van der Waals surface area contributed by atoms with Crippen molar-refractivity contribution in [1.82, 2.24) is 5.32 Å². The Kier molecular flexibility index (Phi) is 6.90. The zero-order chi connectivity index (χ0) is 11.0. The fourth-order valence-corrected chi connectivity index (χ4v) is 1.20. The number of allylic oxidation sites excluding steroid dienone is 1. The van der Waals surface area contributed by atoms with Crippen LogP contribution < -0.4 is 5.32 Å². The number of rotatable bonds is 6. The van der Waals surface area contributed by atoms with Crippen LogP contribution in [0.15, 0.2) is 12.2 Å². The molecule has 0 saturated heterocycles. The molecule has 0 heterocycles. The lowest BCUT2D eigenvalue weighted by atomic mass is 10.1. The van der Waals surface area contributed by atoms with Gasteiger partial charge in [-0.3, -0.25) is 0 Å². The van der Waals surface area contributed by atoms with Crippen LogP contribution in [-0.2, 0) is 0 Å². The van der Waals surface area contributed by atoms with E-state index in [9.17, 15) is 0 Å². The Labute approximate surface area is 90.0 Å². The normalized spacial score (nSPS) is 13.0. The third kappa shape index (κ3) is 11.7. The molecule has 0 unspecified atom stereocenters. The van der Waals surface area contributed by atoms with Gasteiger partial charge in [0.15, 0.2) is 0 Å². The van der Waals surface area contributed by atoms with Crippen molar-refractivity contribution in [1.29, 1.82) is 0 Å². The van der Waals surface area contributed by atoms with E-state index in [1.807, 2.05) is 0 Å². The van der Waals surface area contributed by atoms with Crippen LogP contribution in [0.4, 0.5) is 0 Å². The standard InChI is InChI=1S/C13H27N/c1-12(2)10-8-6-7-9-11-14-13(3,4)5/h6-7,12,14H,8-11H2,1-5H3. The molecule has 0 aliphatic rings. The van der Waals surface area contributed by atoms with Gasteiger partial charge in [-0.05, 0) is 52.5 Å². The summed E-state index contributed by atoms with van der Waals surface area (Å²) in [6.07, 6.45) is 8.29. The van der Waals surface area contributed by atoms with Crippen molar-refractivity contribution in [2.75, 3.05) is 6.54 Å². The van der Waals surface area contributed by atoms with Gasteiger partial charge in [0.25, 0.3) is 0 Å². The average Bonchev–Trinajstić information content (AvgIpc) is 2.00. The molecule has 1 nitrogen and oxygen atoms in total. The maximum Gasteiger partial charge on any atom is 0.00966 e. The molecule has 0 aromatic heterocycles. The van der Waals surface area contributed by atoms with Crippen molar-refractivity contribution >= 4 is 0 Å². The highest BCUT2D eigenvalue weighted by Gasteiger charge is 2.05. The van der Waals surface area contributed by atoms with Crippen LogP contribution >= 0.6 is 0 Å². The van der Waals surface area contributed by atoms with Crippen LogP contribution in [0, 0.1) is 5.92 Å². The summed E-state index contributed by atoms with van der Waals surface area (Å²) in [7, 11) is 0. The van der Waals surface area contributed by atoms with Crippen LogP contribution in [0.2, 0.25) is 0 Å². The molecule has 0 rings (SSSR count). The van der Waals surface area contributed by atoms with Gasteiger partial charge in [-0.25, -0.2) is 0 Å². The second-order valence-electron chi connectivity index (χ2n) is 5.41. The summed E-state index contributed by atoms with van der Waals surface area (Å²) >= 11 is 0. The quantitative estimate of drug-likeness (QED) is 0.505. The summed E-state index contributed by atoms with van der Waals surface area (Å²) in [6.45, 7) is 12.2. The van der Waals surface area contributed by atoms with Crippen molar-refractivity contribution in [2.24, 2.45) is 5.92 Å². The van der Waals surface area contributed by atoms with Crippen LogP contribution in [0.25, 0.3) is 0 Å². The highest BCUT2D eigenvalue weighted by molar-refractivity contribution is 4.83. The highest BCUT2D eigenvalue weighted by Crippen LogP contribution is 2.04. The molecule has 1 N–H and O–H groups in total. The van der Waals surface area contributed by atoms with Gasteiger partial charge in [-0.1, -0.05) is 26.0 Å². The lowest BCUT2D eigenvalue weighted by Crippen LogP contribution is -2.36. The Hall–Kier alpha value is -0.300. The second kappa shape index (κ2) is 7.05. The van der Waals surface area contributed by atoms with E-state index in [0.29, 0.717) is 0 Å². The second-order valence-corrected chi connectivity index (χ2v) is 5.41. The summed E-state index contributed by atoms with van der Waals surface area (Å²) < 4.78 is 0. The molecule has 84 valence electrons. The van der Waals surface area contributed by atoms with Gasteiger partial charge in [0, 0.05) is 5.54 Å². The smallest absolute Gasteiger partial charge is 0.00966 e. The molecule has 0 radical (unpaired) electrons. The summed E-state index contributed by atoms with van der Waals surface area (Å²) in [4.78, 5) is 0. The lowest BCUT2D eigenvalue weighted by molar-refractivity contribution is 0.431. The van der Waals surface area contributed by atoms with E-state index in [4.69, 9.17) is 0 Å². The Balaban J connectivity index is 3.28. The zero-order valence-electron chi connectivity index (χ0n) is 10.6. The molecule has 0 saturated carbocycles. The Bertz CT molecular complexity index is 151. The number of nitrogens with one attached hydrogen (secondary N) is 1. The first-order chi connectivity index (χ1) is 6.42. The molecule has 0 spiro atoms. The topological polar surface area (TPSA) is 12.0 Å². The largest absolute Gasteiger partial charge is 0.312 e. The lowest BCUT2D eigenvalue weighted by Gasteiger charge is -2.19. The van der Waals surface area contributed by atoms with E-state index in [2.05, 4.69) is 52.1 Å². The van der Waals surface area contributed by atoms with Crippen molar-refractivity contribution < 1.29 is 0 Å². The minimum Gasteiger partial charge on any atom is -0.312 e. The first-order valence-electron chi connectivity index (χ1n) is 5.82. The fourth-order valence-electron chi connectivity index (χ4n) is 1.20. The Morgan fingerprint density at radius 3 is 2.14 bits per heavy atom. The Morgan fingerprint density at radius 1 is 1.07 bits per heavy atom. The number of hydrogen-bond acceptors (Lipinski definition) is 1. The maximum atomic E-state index is 3.47. The molecular weight excluding hydrogens is 170 g/mol. The van der Waals surface area contributed by atoms with E-state index in [0.717, 1.165) is 18.9 Å². The third-order valence-electron chi connectivity index (χ3n) is 2.04. The minimum absolute atomic E-state index is 0.256.